The first-order valence-electron chi connectivity index (χ1n) is 3.26. The van der Waals surface area contributed by atoms with Crippen LogP contribution in [0.1, 0.15) is 0 Å². The lowest BCUT2D eigenvalue weighted by molar-refractivity contribution is -0.120. The van der Waals surface area contributed by atoms with Gasteiger partial charge in [-0.1, -0.05) is 0 Å². The molecule has 0 aromatic carbocycles. The van der Waals surface area contributed by atoms with Crippen LogP contribution in [0.15, 0.2) is 11.4 Å². The molecule has 0 unspecified atom stereocenters. The Balaban J connectivity index is 2.45. The van der Waals surface area contributed by atoms with E-state index in [9.17, 15) is 4.79 Å². The van der Waals surface area contributed by atoms with Crippen molar-refractivity contribution in [2.75, 3.05) is 18.6 Å². The Hall–Kier alpha value is -1.03. The highest BCUT2D eigenvalue weighted by Crippen LogP contribution is 2.36. The SMILES string of the molecule is CN1C(=O)COc2sccc21. The minimum absolute atomic E-state index is 0.0101. The largest absolute Gasteiger partial charge is 0.472 e. The molecule has 1 aliphatic rings. The van der Waals surface area contributed by atoms with Gasteiger partial charge in [0.05, 0.1) is 5.69 Å². The van der Waals surface area contributed by atoms with Gasteiger partial charge in [-0.25, -0.2) is 0 Å². The zero-order valence-corrected chi connectivity index (χ0v) is 6.85. The van der Waals surface area contributed by atoms with Crippen LogP contribution in [-0.2, 0) is 4.79 Å². The molecule has 2 rings (SSSR count). The number of rotatable bonds is 0. The summed E-state index contributed by atoms with van der Waals surface area (Å²) in [6.07, 6.45) is 0. The van der Waals surface area contributed by atoms with Gasteiger partial charge >= 0.3 is 0 Å². The summed E-state index contributed by atoms with van der Waals surface area (Å²) in [5.74, 6) is 0.0101. The highest BCUT2D eigenvalue weighted by molar-refractivity contribution is 7.12. The number of fused-ring (bicyclic) bond motifs is 1. The van der Waals surface area contributed by atoms with Crippen LogP contribution in [0.3, 0.4) is 0 Å². The lowest BCUT2D eigenvalue weighted by atomic mass is 10.4. The third-order valence-corrected chi connectivity index (χ3v) is 2.49. The van der Waals surface area contributed by atoms with Crippen molar-refractivity contribution in [3.8, 4) is 5.06 Å². The van der Waals surface area contributed by atoms with Crippen molar-refractivity contribution >= 4 is 22.9 Å². The van der Waals surface area contributed by atoms with Crippen LogP contribution in [0.5, 0.6) is 5.06 Å². The molecule has 1 aromatic rings. The number of nitrogens with zero attached hydrogens (tertiary/aromatic N) is 1. The summed E-state index contributed by atoms with van der Waals surface area (Å²) in [6.45, 7) is 0.171. The maximum atomic E-state index is 11.1. The molecule has 4 heteroatoms. The predicted octanol–water partition coefficient (Wildman–Crippen LogP) is 1.10. The Kier molecular flexibility index (Phi) is 1.35. The molecule has 0 fully saturated rings. The zero-order valence-electron chi connectivity index (χ0n) is 6.03. The number of carbonyl (C=O) groups excluding carboxylic acids is 1. The minimum Gasteiger partial charge on any atom is -0.472 e. The Bertz CT molecular complexity index is 294. The molecule has 0 radical (unpaired) electrons. The molecule has 0 spiro atoms. The number of amides is 1. The van der Waals surface area contributed by atoms with Crippen LogP contribution in [0.25, 0.3) is 0 Å². The number of anilines is 1. The first-order valence-corrected chi connectivity index (χ1v) is 4.14. The fraction of sp³-hybridized carbons (Fsp3) is 0.286. The Morgan fingerprint density at radius 2 is 2.55 bits per heavy atom. The zero-order chi connectivity index (χ0) is 7.84. The Morgan fingerprint density at radius 3 is 3.36 bits per heavy atom. The van der Waals surface area contributed by atoms with Crippen molar-refractivity contribution < 1.29 is 9.53 Å². The number of hydrogen-bond acceptors (Lipinski definition) is 3. The van der Waals surface area contributed by atoms with E-state index in [0.717, 1.165) is 10.8 Å². The third-order valence-electron chi connectivity index (χ3n) is 1.67. The molecule has 0 atom stereocenters. The van der Waals surface area contributed by atoms with Crippen LogP contribution < -0.4 is 9.64 Å². The van der Waals surface area contributed by atoms with Gasteiger partial charge in [0.25, 0.3) is 5.91 Å². The van der Waals surface area contributed by atoms with Gasteiger partial charge in [0.1, 0.15) is 0 Å². The van der Waals surface area contributed by atoms with Crippen molar-refractivity contribution in [3.05, 3.63) is 11.4 Å². The van der Waals surface area contributed by atoms with Gasteiger partial charge in [-0.3, -0.25) is 4.79 Å². The van der Waals surface area contributed by atoms with Crippen LogP contribution in [0.2, 0.25) is 0 Å². The molecule has 0 N–H and O–H groups in total. The number of carbonyl (C=O) groups is 1. The van der Waals surface area contributed by atoms with Crippen LogP contribution >= 0.6 is 11.3 Å². The summed E-state index contributed by atoms with van der Waals surface area (Å²) >= 11 is 1.52. The first-order chi connectivity index (χ1) is 5.29. The number of ether oxygens (including phenoxy) is 1. The molecule has 11 heavy (non-hydrogen) atoms. The molecule has 1 amide bonds. The van der Waals surface area contributed by atoms with Gasteiger partial charge in [-0.2, -0.15) is 0 Å². The van der Waals surface area contributed by atoms with E-state index in [1.54, 1.807) is 11.9 Å². The second kappa shape index (κ2) is 2.23. The van der Waals surface area contributed by atoms with E-state index >= 15 is 0 Å². The van der Waals surface area contributed by atoms with Crippen molar-refractivity contribution in [1.29, 1.82) is 0 Å². The van der Waals surface area contributed by atoms with Gasteiger partial charge in [-0.05, 0) is 11.4 Å². The minimum atomic E-state index is 0.0101. The van der Waals surface area contributed by atoms with Crippen molar-refractivity contribution in [1.82, 2.24) is 0 Å². The van der Waals surface area contributed by atoms with Gasteiger partial charge in [0.2, 0.25) is 0 Å². The average molecular weight is 169 g/mol. The molecule has 0 saturated heterocycles. The second-order valence-corrected chi connectivity index (χ2v) is 3.21. The van der Waals surface area contributed by atoms with E-state index in [1.165, 1.54) is 11.3 Å². The average Bonchev–Trinajstić information content (AvgIpc) is 2.45. The fourth-order valence-corrected chi connectivity index (χ4v) is 1.78. The molecule has 1 aliphatic heterocycles. The van der Waals surface area contributed by atoms with Gasteiger partial charge in [0, 0.05) is 7.05 Å². The quantitative estimate of drug-likeness (QED) is 0.582. The number of thiophene rings is 1. The first kappa shape index (κ1) is 6.67. The molecule has 1 aromatic heterocycles. The van der Waals surface area contributed by atoms with Crippen LogP contribution in [0, 0.1) is 0 Å². The molecule has 0 aliphatic carbocycles. The molecular formula is C7H7NO2S. The number of hydrogen-bond donors (Lipinski definition) is 0. The second-order valence-electron chi connectivity index (χ2n) is 2.33. The highest BCUT2D eigenvalue weighted by atomic mass is 32.1. The molecule has 0 bridgehead atoms. The fourth-order valence-electron chi connectivity index (χ4n) is 1.00. The molecule has 0 saturated carbocycles. The van der Waals surface area contributed by atoms with Crippen LogP contribution in [0.4, 0.5) is 5.69 Å². The lowest BCUT2D eigenvalue weighted by Gasteiger charge is -2.22. The molecule has 58 valence electrons. The van der Waals surface area contributed by atoms with Gasteiger partial charge < -0.3 is 9.64 Å². The summed E-state index contributed by atoms with van der Waals surface area (Å²) in [5, 5.41) is 2.76. The standard InChI is InChI=1S/C7H7NO2S/c1-8-5-2-3-11-7(5)10-4-6(8)9/h2-3H,4H2,1H3. The van der Waals surface area contributed by atoms with E-state index in [-0.39, 0.29) is 12.5 Å². The van der Waals surface area contributed by atoms with E-state index in [1.807, 2.05) is 11.4 Å². The summed E-state index contributed by atoms with van der Waals surface area (Å²) in [7, 11) is 1.76. The Morgan fingerprint density at radius 1 is 1.73 bits per heavy atom. The predicted molar refractivity (Wildman–Crippen MR) is 43.2 cm³/mol. The normalized spacial score (nSPS) is 16.1. The summed E-state index contributed by atoms with van der Waals surface area (Å²) in [6, 6.07) is 1.89. The van der Waals surface area contributed by atoms with Gasteiger partial charge in [0.15, 0.2) is 11.7 Å². The highest BCUT2D eigenvalue weighted by Gasteiger charge is 2.22. The monoisotopic (exact) mass is 169 g/mol. The molecule has 2 heterocycles. The van der Waals surface area contributed by atoms with E-state index in [4.69, 9.17) is 4.74 Å². The maximum absolute atomic E-state index is 11.1. The van der Waals surface area contributed by atoms with E-state index < -0.39 is 0 Å². The Labute approximate surface area is 68.2 Å². The lowest BCUT2D eigenvalue weighted by Crippen LogP contribution is -2.34. The molecule has 3 nitrogen and oxygen atoms in total. The smallest absolute Gasteiger partial charge is 0.264 e. The maximum Gasteiger partial charge on any atom is 0.264 e. The van der Waals surface area contributed by atoms with Crippen molar-refractivity contribution in [2.24, 2.45) is 0 Å². The van der Waals surface area contributed by atoms with Crippen molar-refractivity contribution in [2.45, 2.75) is 0 Å². The molecular weight excluding hydrogens is 162 g/mol. The summed E-state index contributed by atoms with van der Waals surface area (Å²) in [5.41, 5.74) is 0.881. The van der Waals surface area contributed by atoms with Crippen LogP contribution in [-0.4, -0.2) is 19.6 Å². The van der Waals surface area contributed by atoms with E-state index in [2.05, 4.69) is 0 Å². The summed E-state index contributed by atoms with van der Waals surface area (Å²) in [4.78, 5) is 12.7. The van der Waals surface area contributed by atoms with E-state index in [0.29, 0.717) is 0 Å². The number of likely N-dealkylation sites (N-methyl/N-ethyl adjacent to an activating group) is 1. The van der Waals surface area contributed by atoms with Crippen molar-refractivity contribution in [3.63, 3.8) is 0 Å². The third kappa shape index (κ3) is 0.903. The topological polar surface area (TPSA) is 29.5 Å². The summed E-state index contributed by atoms with van der Waals surface area (Å²) < 4.78 is 5.17. The van der Waals surface area contributed by atoms with Gasteiger partial charge in [-0.15, -0.1) is 11.3 Å².